The van der Waals surface area contributed by atoms with E-state index in [9.17, 15) is 4.79 Å². The Balaban J connectivity index is 1.75. The molecule has 1 aliphatic carbocycles. The molecule has 0 aromatic heterocycles. The van der Waals surface area contributed by atoms with E-state index in [0.29, 0.717) is 12.0 Å². The molecule has 1 unspecified atom stereocenters. The van der Waals surface area contributed by atoms with Crippen molar-refractivity contribution in [2.45, 2.75) is 32.2 Å². The van der Waals surface area contributed by atoms with Gasteiger partial charge in [-0.15, -0.1) is 0 Å². The van der Waals surface area contributed by atoms with Crippen LogP contribution in [0.4, 0.5) is 0 Å². The molecule has 20 heavy (non-hydrogen) atoms. The number of carbonyl (C=O) groups excluding carboxylic acids is 1. The Labute approximate surface area is 128 Å². The minimum absolute atomic E-state index is 0.167. The lowest BCUT2D eigenvalue weighted by atomic mass is 10.1. The summed E-state index contributed by atoms with van der Waals surface area (Å²) >= 11 is 3.51. The van der Waals surface area contributed by atoms with Gasteiger partial charge in [0.25, 0.3) is 5.91 Å². The predicted molar refractivity (Wildman–Crippen MR) is 81.9 cm³/mol. The Hall–Kier alpha value is -0.870. The topological polar surface area (TPSA) is 29.5 Å². The van der Waals surface area contributed by atoms with Gasteiger partial charge < -0.3 is 9.64 Å². The highest BCUT2D eigenvalue weighted by Crippen LogP contribution is 2.31. The summed E-state index contributed by atoms with van der Waals surface area (Å²) in [4.78, 5) is 14.8. The standard InChI is InChI=1S/C16H20BrNO2/c1-11-2-3-13(8-15(11)17)16(19)18(14-4-5-14)9-12-6-7-20-10-12/h2-3,8,12,14H,4-7,9-10H2,1H3. The van der Waals surface area contributed by atoms with Crippen molar-refractivity contribution in [2.24, 2.45) is 5.92 Å². The van der Waals surface area contributed by atoms with Crippen LogP contribution in [0.1, 0.15) is 35.2 Å². The van der Waals surface area contributed by atoms with Crippen molar-refractivity contribution >= 4 is 21.8 Å². The molecular formula is C16H20BrNO2. The highest BCUT2D eigenvalue weighted by Gasteiger charge is 2.35. The van der Waals surface area contributed by atoms with E-state index in [2.05, 4.69) is 20.8 Å². The lowest BCUT2D eigenvalue weighted by Crippen LogP contribution is -2.37. The molecule has 1 amide bonds. The number of halogens is 1. The maximum absolute atomic E-state index is 12.7. The number of amides is 1. The Bertz CT molecular complexity index is 507. The van der Waals surface area contributed by atoms with E-state index in [1.165, 1.54) is 0 Å². The molecule has 2 aliphatic rings. The summed E-state index contributed by atoms with van der Waals surface area (Å²) in [5, 5.41) is 0. The second-order valence-electron chi connectivity index (χ2n) is 5.88. The van der Waals surface area contributed by atoms with Crippen molar-refractivity contribution < 1.29 is 9.53 Å². The van der Waals surface area contributed by atoms with E-state index in [1.807, 2.05) is 25.1 Å². The van der Waals surface area contributed by atoms with E-state index in [0.717, 1.165) is 54.6 Å². The highest BCUT2D eigenvalue weighted by atomic mass is 79.9. The zero-order valence-corrected chi connectivity index (χ0v) is 13.4. The van der Waals surface area contributed by atoms with Crippen LogP contribution in [0.15, 0.2) is 22.7 Å². The molecule has 1 heterocycles. The summed E-state index contributed by atoms with van der Waals surface area (Å²) in [6, 6.07) is 6.32. The first-order valence-corrected chi connectivity index (χ1v) is 8.09. The van der Waals surface area contributed by atoms with E-state index in [1.54, 1.807) is 0 Å². The Morgan fingerprint density at radius 2 is 2.20 bits per heavy atom. The van der Waals surface area contributed by atoms with Crippen molar-refractivity contribution in [1.29, 1.82) is 0 Å². The van der Waals surface area contributed by atoms with Crippen LogP contribution in [0.2, 0.25) is 0 Å². The second kappa shape index (κ2) is 5.86. The zero-order chi connectivity index (χ0) is 14.1. The molecule has 1 aromatic rings. The van der Waals surface area contributed by atoms with Crippen LogP contribution in [0, 0.1) is 12.8 Å². The third-order valence-corrected chi connectivity index (χ3v) is 5.00. The summed E-state index contributed by atoms with van der Waals surface area (Å²) in [5.41, 5.74) is 1.94. The first-order chi connectivity index (χ1) is 9.65. The zero-order valence-electron chi connectivity index (χ0n) is 11.8. The fourth-order valence-corrected chi connectivity index (χ4v) is 3.06. The maximum atomic E-state index is 12.7. The van der Waals surface area contributed by atoms with Crippen LogP contribution in [0.25, 0.3) is 0 Å². The highest BCUT2D eigenvalue weighted by molar-refractivity contribution is 9.10. The maximum Gasteiger partial charge on any atom is 0.254 e. The number of aryl methyl sites for hydroxylation is 1. The van der Waals surface area contributed by atoms with Gasteiger partial charge in [0, 0.05) is 35.1 Å². The Kier molecular flexibility index (Phi) is 4.13. The van der Waals surface area contributed by atoms with Gasteiger partial charge in [-0.1, -0.05) is 22.0 Å². The molecule has 0 N–H and O–H groups in total. The van der Waals surface area contributed by atoms with Gasteiger partial charge in [-0.05, 0) is 43.9 Å². The first-order valence-electron chi connectivity index (χ1n) is 7.30. The molecule has 108 valence electrons. The van der Waals surface area contributed by atoms with Gasteiger partial charge in [-0.25, -0.2) is 0 Å². The fourth-order valence-electron chi connectivity index (χ4n) is 2.68. The minimum Gasteiger partial charge on any atom is -0.381 e. The molecule has 2 fully saturated rings. The van der Waals surface area contributed by atoms with Crippen LogP contribution in [0.3, 0.4) is 0 Å². The number of hydrogen-bond acceptors (Lipinski definition) is 2. The molecule has 1 saturated carbocycles. The van der Waals surface area contributed by atoms with Crippen molar-refractivity contribution in [3.05, 3.63) is 33.8 Å². The quantitative estimate of drug-likeness (QED) is 0.842. The average molecular weight is 338 g/mol. The second-order valence-corrected chi connectivity index (χ2v) is 6.74. The van der Waals surface area contributed by atoms with Gasteiger partial charge in [-0.2, -0.15) is 0 Å². The van der Waals surface area contributed by atoms with Gasteiger partial charge in [0.2, 0.25) is 0 Å². The normalized spacial score (nSPS) is 22.0. The summed E-state index contributed by atoms with van der Waals surface area (Å²) in [7, 11) is 0. The predicted octanol–water partition coefficient (Wildman–Crippen LogP) is 3.40. The largest absolute Gasteiger partial charge is 0.381 e. The molecule has 1 aliphatic heterocycles. The van der Waals surface area contributed by atoms with Crippen LogP contribution in [0.5, 0.6) is 0 Å². The number of benzene rings is 1. The summed E-state index contributed by atoms with van der Waals surface area (Å²) in [5.74, 6) is 0.675. The van der Waals surface area contributed by atoms with Gasteiger partial charge in [0.15, 0.2) is 0 Å². The SMILES string of the molecule is Cc1ccc(C(=O)N(CC2CCOC2)C2CC2)cc1Br. The van der Waals surface area contributed by atoms with Gasteiger partial charge in [0.05, 0.1) is 6.61 Å². The number of ether oxygens (including phenoxy) is 1. The number of carbonyl (C=O) groups is 1. The molecule has 3 nitrogen and oxygen atoms in total. The molecule has 4 heteroatoms. The average Bonchev–Trinajstić information content (AvgIpc) is 3.15. The number of rotatable bonds is 4. The van der Waals surface area contributed by atoms with E-state index < -0.39 is 0 Å². The molecule has 1 aromatic carbocycles. The Morgan fingerprint density at radius 3 is 2.80 bits per heavy atom. The monoisotopic (exact) mass is 337 g/mol. The summed E-state index contributed by atoms with van der Waals surface area (Å²) in [6.45, 7) is 4.52. The summed E-state index contributed by atoms with van der Waals surface area (Å²) < 4.78 is 6.44. The molecule has 3 rings (SSSR count). The van der Waals surface area contributed by atoms with E-state index in [-0.39, 0.29) is 5.91 Å². The van der Waals surface area contributed by atoms with Crippen LogP contribution >= 0.6 is 15.9 Å². The first kappa shape index (κ1) is 14.1. The minimum atomic E-state index is 0.167. The molecule has 0 spiro atoms. The van der Waals surface area contributed by atoms with Crippen LogP contribution < -0.4 is 0 Å². The molecule has 0 bridgehead atoms. The van der Waals surface area contributed by atoms with Crippen molar-refractivity contribution in [1.82, 2.24) is 4.90 Å². The van der Waals surface area contributed by atoms with Crippen molar-refractivity contribution in [3.63, 3.8) is 0 Å². The van der Waals surface area contributed by atoms with E-state index in [4.69, 9.17) is 4.74 Å². The third-order valence-electron chi connectivity index (χ3n) is 4.15. The smallest absolute Gasteiger partial charge is 0.254 e. The fraction of sp³-hybridized carbons (Fsp3) is 0.562. The lowest BCUT2D eigenvalue weighted by Gasteiger charge is -2.25. The van der Waals surface area contributed by atoms with Gasteiger partial charge >= 0.3 is 0 Å². The van der Waals surface area contributed by atoms with Gasteiger partial charge in [0.1, 0.15) is 0 Å². The van der Waals surface area contributed by atoms with E-state index >= 15 is 0 Å². The van der Waals surface area contributed by atoms with Gasteiger partial charge in [-0.3, -0.25) is 4.79 Å². The van der Waals surface area contributed by atoms with Crippen LogP contribution in [-0.4, -0.2) is 36.6 Å². The van der Waals surface area contributed by atoms with Crippen LogP contribution in [-0.2, 0) is 4.74 Å². The van der Waals surface area contributed by atoms with Crippen molar-refractivity contribution in [3.8, 4) is 0 Å². The number of nitrogens with zero attached hydrogens (tertiary/aromatic N) is 1. The summed E-state index contributed by atoms with van der Waals surface area (Å²) in [6.07, 6.45) is 3.37. The number of hydrogen-bond donors (Lipinski definition) is 0. The Morgan fingerprint density at radius 1 is 1.40 bits per heavy atom. The molecule has 1 atom stereocenters. The third kappa shape index (κ3) is 3.07. The lowest BCUT2D eigenvalue weighted by molar-refractivity contribution is 0.0706. The molecule has 1 saturated heterocycles. The molecule has 0 radical (unpaired) electrons. The van der Waals surface area contributed by atoms with Crippen molar-refractivity contribution in [2.75, 3.05) is 19.8 Å². The molecular weight excluding hydrogens is 318 g/mol.